The number of nitrogens with zero attached hydrogens (tertiary/aromatic N) is 1. The van der Waals surface area contributed by atoms with E-state index in [0.717, 1.165) is 17.6 Å². The van der Waals surface area contributed by atoms with E-state index in [9.17, 15) is 24.3 Å². The van der Waals surface area contributed by atoms with Crippen LogP contribution in [0, 0.1) is 0 Å². The maximum Gasteiger partial charge on any atom is 0.337 e. The number of hydrogen-bond acceptors (Lipinski definition) is 9. The second kappa shape index (κ2) is 13.5. The normalized spacial score (nSPS) is 18.6. The van der Waals surface area contributed by atoms with Crippen LogP contribution >= 0.6 is 0 Å². The minimum absolute atomic E-state index is 0.108. The van der Waals surface area contributed by atoms with Crippen LogP contribution in [-0.4, -0.2) is 56.4 Å². The van der Waals surface area contributed by atoms with Gasteiger partial charge in [0.1, 0.15) is 5.75 Å². The van der Waals surface area contributed by atoms with Crippen LogP contribution in [-0.2, 0) is 31.2 Å². The number of aromatic carboxylic acids is 1. The van der Waals surface area contributed by atoms with Crippen LogP contribution < -0.4 is 9.64 Å². The quantitative estimate of drug-likeness (QED) is 0.197. The minimum Gasteiger partial charge on any atom is -0.478 e. The van der Waals surface area contributed by atoms with Crippen molar-refractivity contribution in [3.63, 3.8) is 0 Å². The fraction of sp³-hybridized carbons (Fsp3) is 0.333. The third-order valence-corrected chi connectivity index (χ3v) is 8.72. The SMILES string of the molecule is CCCC1N(Cc2ccc(C(=O)OC)cc2)c2cc(C(=O)O)ccc2C1(Oc1cccc(C(=O)OC)c1)C1=C(C(=O)OC)CCC1. The van der Waals surface area contributed by atoms with E-state index in [1.54, 1.807) is 54.6 Å². The van der Waals surface area contributed by atoms with E-state index in [1.165, 1.54) is 21.3 Å². The lowest BCUT2D eigenvalue weighted by Crippen LogP contribution is -2.50. The van der Waals surface area contributed by atoms with Gasteiger partial charge in [0.15, 0.2) is 5.60 Å². The van der Waals surface area contributed by atoms with Gasteiger partial charge in [0, 0.05) is 23.4 Å². The van der Waals surface area contributed by atoms with E-state index >= 15 is 0 Å². The van der Waals surface area contributed by atoms with Crippen molar-refractivity contribution >= 4 is 29.6 Å². The Morgan fingerprint density at radius 1 is 0.826 bits per heavy atom. The maximum absolute atomic E-state index is 13.2. The van der Waals surface area contributed by atoms with Gasteiger partial charge in [0.2, 0.25) is 0 Å². The number of benzene rings is 3. The molecule has 0 radical (unpaired) electrons. The van der Waals surface area contributed by atoms with Crippen molar-refractivity contribution in [3.05, 3.63) is 106 Å². The molecule has 1 N–H and O–H groups in total. The summed E-state index contributed by atoms with van der Waals surface area (Å²) in [7, 11) is 3.99. The number of hydrogen-bond donors (Lipinski definition) is 1. The molecule has 3 aromatic rings. The second-order valence-electron chi connectivity index (χ2n) is 11.3. The molecule has 1 aliphatic carbocycles. The molecule has 46 heavy (non-hydrogen) atoms. The first-order chi connectivity index (χ1) is 22.2. The molecule has 0 saturated heterocycles. The van der Waals surface area contributed by atoms with Gasteiger partial charge in [-0.3, -0.25) is 0 Å². The Balaban J connectivity index is 1.76. The number of anilines is 1. The van der Waals surface area contributed by atoms with Crippen LogP contribution in [0.25, 0.3) is 0 Å². The van der Waals surface area contributed by atoms with Gasteiger partial charge in [0.05, 0.1) is 44.1 Å². The number of carboxylic acid groups (broad SMARTS) is 1. The number of carbonyl (C=O) groups is 4. The number of ether oxygens (including phenoxy) is 4. The molecule has 0 amide bonds. The van der Waals surface area contributed by atoms with Crippen molar-refractivity contribution in [2.75, 3.05) is 26.2 Å². The molecular weight excluding hydrogens is 590 g/mol. The lowest BCUT2D eigenvalue weighted by molar-refractivity contribution is -0.136. The van der Waals surface area contributed by atoms with E-state index in [2.05, 4.69) is 11.8 Å². The van der Waals surface area contributed by atoms with Crippen molar-refractivity contribution in [2.45, 2.75) is 57.2 Å². The highest BCUT2D eigenvalue weighted by Gasteiger charge is 2.57. The van der Waals surface area contributed by atoms with E-state index in [4.69, 9.17) is 18.9 Å². The van der Waals surface area contributed by atoms with Crippen LogP contribution in [0.2, 0.25) is 0 Å². The van der Waals surface area contributed by atoms with Gasteiger partial charge in [0.25, 0.3) is 0 Å². The summed E-state index contributed by atoms with van der Waals surface area (Å²) in [6.07, 6.45) is 3.14. The number of fused-ring (bicyclic) bond motifs is 1. The number of carboxylic acids is 1. The molecule has 2 atom stereocenters. The van der Waals surface area contributed by atoms with Gasteiger partial charge in [-0.2, -0.15) is 0 Å². The van der Waals surface area contributed by atoms with Gasteiger partial charge >= 0.3 is 23.9 Å². The van der Waals surface area contributed by atoms with Crippen molar-refractivity contribution in [1.82, 2.24) is 0 Å². The maximum atomic E-state index is 13.2. The van der Waals surface area contributed by atoms with Gasteiger partial charge in [-0.25, -0.2) is 19.2 Å². The summed E-state index contributed by atoms with van der Waals surface area (Å²) in [5.74, 6) is -2.08. The summed E-state index contributed by atoms with van der Waals surface area (Å²) in [6, 6.07) is 18.3. The highest BCUT2D eigenvalue weighted by atomic mass is 16.5. The van der Waals surface area contributed by atoms with Gasteiger partial charge < -0.3 is 29.0 Å². The van der Waals surface area contributed by atoms with Gasteiger partial charge in [-0.15, -0.1) is 0 Å². The molecule has 1 aliphatic heterocycles. The molecule has 1 heterocycles. The van der Waals surface area contributed by atoms with Crippen LogP contribution in [0.5, 0.6) is 5.75 Å². The van der Waals surface area contributed by atoms with Crippen LogP contribution in [0.3, 0.4) is 0 Å². The monoisotopic (exact) mass is 627 g/mol. The summed E-state index contributed by atoms with van der Waals surface area (Å²) in [5, 5.41) is 9.99. The second-order valence-corrected chi connectivity index (χ2v) is 11.3. The zero-order valence-corrected chi connectivity index (χ0v) is 26.3. The highest BCUT2D eigenvalue weighted by molar-refractivity contribution is 5.93. The zero-order valence-electron chi connectivity index (χ0n) is 26.3. The predicted molar refractivity (Wildman–Crippen MR) is 169 cm³/mol. The predicted octanol–water partition coefficient (Wildman–Crippen LogP) is 6.07. The molecule has 0 aromatic heterocycles. The van der Waals surface area contributed by atoms with E-state index < -0.39 is 35.5 Å². The average Bonchev–Trinajstić information content (AvgIpc) is 3.67. The molecule has 0 spiro atoms. The number of esters is 3. The largest absolute Gasteiger partial charge is 0.478 e. The van der Waals surface area contributed by atoms with Crippen molar-refractivity contribution in [2.24, 2.45) is 0 Å². The summed E-state index contributed by atoms with van der Waals surface area (Å²) in [5.41, 5.74) is 3.13. The van der Waals surface area contributed by atoms with Gasteiger partial charge in [-0.05, 0) is 79.3 Å². The van der Waals surface area contributed by atoms with E-state index in [-0.39, 0.29) is 5.56 Å². The molecule has 2 aliphatic rings. The number of carbonyl (C=O) groups excluding carboxylic acids is 3. The molecule has 10 heteroatoms. The van der Waals surface area contributed by atoms with E-state index in [0.29, 0.717) is 65.9 Å². The van der Waals surface area contributed by atoms with Crippen LogP contribution in [0.15, 0.2) is 77.9 Å². The first kappa shape index (κ1) is 32.3. The highest BCUT2D eigenvalue weighted by Crippen LogP contribution is 2.56. The molecule has 240 valence electrons. The molecule has 0 fully saturated rings. The first-order valence-electron chi connectivity index (χ1n) is 15.2. The number of rotatable bonds is 11. The van der Waals surface area contributed by atoms with Gasteiger partial charge in [-0.1, -0.05) is 37.6 Å². The average molecular weight is 628 g/mol. The molecule has 5 rings (SSSR count). The summed E-state index contributed by atoms with van der Waals surface area (Å²) in [4.78, 5) is 52.2. The Hall–Kier alpha value is -5.12. The molecule has 0 saturated carbocycles. The Kier molecular flexibility index (Phi) is 9.46. The van der Waals surface area contributed by atoms with Crippen molar-refractivity contribution in [1.29, 1.82) is 0 Å². The van der Waals surface area contributed by atoms with Crippen molar-refractivity contribution < 1.29 is 43.2 Å². The van der Waals surface area contributed by atoms with Crippen molar-refractivity contribution in [3.8, 4) is 5.75 Å². The fourth-order valence-corrected chi connectivity index (χ4v) is 6.71. The molecule has 2 unspecified atom stereocenters. The lowest BCUT2D eigenvalue weighted by atomic mass is 9.78. The third-order valence-electron chi connectivity index (χ3n) is 8.72. The van der Waals surface area contributed by atoms with Crippen LogP contribution in [0.4, 0.5) is 5.69 Å². The Labute approximate surface area is 267 Å². The molecule has 3 aromatic carbocycles. The zero-order chi connectivity index (χ0) is 33.0. The minimum atomic E-state index is -1.23. The Morgan fingerprint density at radius 3 is 2.15 bits per heavy atom. The summed E-state index contributed by atoms with van der Waals surface area (Å²) < 4.78 is 22.2. The van der Waals surface area contributed by atoms with Crippen LogP contribution in [0.1, 0.15) is 81.2 Å². The summed E-state index contributed by atoms with van der Waals surface area (Å²) in [6.45, 7) is 2.41. The molecule has 10 nitrogen and oxygen atoms in total. The number of methoxy groups -OCH3 is 3. The first-order valence-corrected chi connectivity index (χ1v) is 15.2. The molecule has 0 bridgehead atoms. The standard InChI is InChI=1S/C36H37NO9/c1-5-8-31-36(28-12-7-11-27(28)35(42)45-4,46-26-10-6-9-25(19-26)34(41)44-3)29-18-17-24(32(38)39)20-30(29)37(31)21-22-13-15-23(16-14-22)33(40)43-2/h6,9-10,13-20,31H,5,7-8,11-12,21H2,1-4H3,(H,38,39). The summed E-state index contributed by atoms with van der Waals surface area (Å²) >= 11 is 0. The molecular formula is C36H37NO9. The Bertz CT molecular complexity index is 1690. The topological polar surface area (TPSA) is 129 Å². The lowest BCUT2D eigenvalue weighted by Gasteiger charge is -2.41. The third kappa shape index (κ3) is 5.82. The fourth-order valence-electron chi connectivity index (χ4n) is 6.71. The Morgan fingerprint density at radius 2 is 1.50 bits per heavy atom. The smallest absolute Gasteiger partial charge is 0.337 e. The van der Waals surface area contributed by atoms with E-state index in [1.807, 2.05) is 12.1 Å².